The van der Waals surface area contributed by atoms with E-state index in [0.717, 1.165) is 12.1 Å². The van der Waals surface area contributed by atoms with Crippen LogP contribution in [0, 0.1) is 5.82 Å². The van der Waals surface area contributed by atoms with Crippen LogP contribution in [0.3, 0.4) is 0 Å². The molecule has 0 radical (unpaired) electrons. The summed E-state index contributed by atoms with van der Waals surface area (Å²) in [4.78, 5) is 13.3. The highest BCUT2D eigenvalue weighted by Crippen LogP contribution is 2.39. The van der Waals surface area contributed by atoms with Gasteiger partial charge in [0, 0.05) is 17.0 Å². The van der Waals surface area contributed by atoms with Gasteiger partial charge in [-0.05, 0) is 74.9 Å². The lowest BCUT2D eigenvalue weighted by Gasteiger charge is -2.17. The van der Waals surface area contributed by atoms with Gasteiger partial charge in [-0.1, -0.05) is 23.9 Å². The fraction of sp³-hybridized carbons (Fsp3) is 0.300. The van der Waals surface area contributed by atoms with Crippen molar-refractivity contribution < 1.29 is 36.6 Å². The quantitative estimate of drug-likeness (QED) is 0.130. The van der Waals surface area contributed by atoms with Gasteiger partial charge < -0.3 is 19.5 Å². The van der Waals surface area contributed by atoms with Crippen LogP contribution in [0.1, 0.15) is 48.1 Å². The molecule has 0 aliphatic heterocycles. The number of carbonyl (C=O) groups is 1. The molecular formula is C30H30F4N4O4S. The summed E-state index contributed by atoms with van der Waals surface area (Å²) in [6, 6.07) is 13.7. The predicted molar refractivity (Wildman–Crippen MR) is 153 cm³/mol. The van der Waals surface area contributed by atoms with Gasteiger partial charge in [0.05, 0.1) is 31.9 Å². The highest BCUT2D eigenvalue weighted by Gasteiger charge is 2.30. The molecule has 1 amide bonds. The van der Waals surface area contributed by atoms with E-state index in [1.807, 2.05) is 20.8 Å². The topological polar surface area (TPSA) is 87.5 Å². The number of nitrogens with one attached hydrogen (secondary N) is 1. The smallest absolute Gasteiger partial charge is 0.416 e. The fourth-order valence-corrected chi connectivity index (χ4v) is 5.00. The van der Waals surface area contributed by atoms with Crippen LogP contribution in [0.15, 0.2) is 65.8 Å². The van der Waals surface area contributed by atoms with Crippen molar-refractivity contribution >= 4 is 17.7 Å². The van der Waals surface area contributed by atoms with Gasteiger partial charge in [0.2, 0.25) is 5.75 Å². The standard InChI is InChI=1S/C30H30F4N4O4S/c1-4-40-24-15-20(16-25(41-5-2)27(24)42-6-3)28(39)35-17-26-36-37-29(38(26)23-13-11-22(31)12-14-23)43-18-19-7-9-21(10-8-19)30(32,33)34/h7-16H,4-6,17-18H2,1-3H3,(H,35,39). The molecule has 0 saturated carbocycles. The van der Waals surface area contributed by atoms with Crippen LogP contribution in [0.5, 0.6) is 17.2 Å². The second kappa shape index (κ2) is 14.3. The Morgan fingerprint density at radius 2 is 1.49 bits per heavy atom. The molecule has 0 saturated heterocycles. The minimum Gasteiger partial charge on any atom is -0.490 e. The summed E-state index contributed by atoms with van der Waals surface area (Å²) in [5.41, 5.74) is 0.735. The van der Waals surface area contributed by atoms with E-state index in [1.54, 1.807) is 28.8 Å². The number of nitrogens with zero attached hydrogens (tertiary/aromatic N) is 3. The Labute approximate surface area is 250 Å². The molecule has 0 fully saturated rings. The summed E-state index contributed by atoms with van der Waals surface area (Å²) in [5, 5.41) is 11.7. The van der Waals surface area contributed by atoms with Gasteiger partial charge in [0.15, 0.2) is 22.5 Å². The first kappa shape index (κ1) is 31.7. The second-order valence-corrected chi connectivity index (χ2v) is 9.92. The average molecular weight is 619 g/mol. The first-order valence-electron chi connectivity index (χ1n) is 13.5. The molecule has 4 aromatic rings. The lowest BCUT2D eigenvalue weighted by atomic mass is 10.1. The maximum absolute atomic E-state index is 13.7. The molecule has 1 heterocycles. The zero-order valence-corrected chi connectivity index (χ0v) is 24.5. The van der Waals surface area contributed by atoms with E-state index in [9.17, 15) is 22.4 Å². The molecule has 0 aliphatic rings. The highest BCUT2D eigenvalue weighted by molar-refractivity contribution is 7.98. The predicted octanol–water partition coefficient (Wildman–Crippen LogP) is 6.84. The second-order valence-electron chi connectivity index (χ2n) is 8.98. The number of benzene rings is 3. The van der Waals surface area contributed by atoms with Gasteiger partial charge in [0.1, 0.15) is 5.82 Å². The number of thioether (sulfide) groups is 1. The van der Waals surface area contributed by atoms with Crippen molar-refractivity contribution in [3.63, 3.8) is 0 Å². The molecule has 0 spiro atoms. The third-order valence-electron chi connectivity index (χ3n) is 6.01. The lowest BCUT2D eigenvalue weighted by Crippen LogP contribution is -2.25. The number of carbonyl (C=O) groups excluding carboxylic acids is 1. The highest BCUT2D eigenvalue weighted by atomic mass is 32.2. The summed E-state index contributed by atoms with van der Waals surface area (Å²) in [7, 11) is 0. The third kappa shape index (κ3) is 7.98. The summed E-state index contributed by atoms with van der Waals surface area (Å²) in [6.07, 6.45) is -4.42. The Morgan fingerprint density at radius 1 is 0.884 bits per heavy atom. The van der Waals surface area contributed by atoms with E-state index in [1.165, 1.54) is 36.0 Å². The van der Waals surface area contributed by atoms with Crippen molar-refractivity contribution in [3.8, 4) is 22.9 Å². The molecule has 3 aromatic carbocycles. The maximum Gasteiger partial charge on any atom is 0.416 e. The van der Waals surface area contributed by atoms with Crippen LogP contribution in [0.4, 0.5) is 17.6 Å². The Morgan fingerprint density at radius 3 is 2.05 bits per heavy atom. The van der Waals surface area contributed by atoms with Crippen molar-refractivity contribution in [3.05, 3.63) is 89.0 Å². The Balaban J connectivity index is 1.57. The summed E-state index contributed by atoms with van der Waals surface area (Å²) in [5.74, 6) is 0.947. The number of hydrogen-bond donors (Lipinski definition) is 1. The molecule has 0 atom stereocenters. The number of aromatic nitrogens is 3. The van der Waals surface area contributed by atoms with Crippen molar-refractivity contribution in [2.24, 2.45) is 0 Å². The number of ether oxygens (including phenoxy) is 3. The van der Waals surface area contributed by atoms with E-state index in [4.69, 9.17) is 14.2 Å². The minimum absolute atomic E-state index is 0.0365. The van der Waals surface area contributed by atoms with Crippen molar-refractivity contribution in [2.75, 3.05) is 19.8 Å². The fourth-order valence-electron chi connectivity index (χ4n) is 4.08. The van der Waals surface area contributed by atoms with Crippen molar-refractivity contribution in [1.29, 1.82) is 0 Å². The summed E-state index contributed by atoms with van der Waals surface area (Å²) >= 11 is 1.24. The Hall–Kier alpha value is -4.26. The summed E-state index contributed by atoms with van der Waals surface area (Å²) < 4.78 is 71.3. The van der Waals surface area contributed by atoms with Gasteiger partial charge in [-0.2, -0.15) is 13.2 Å². The van der Waals surface area contributed by atoms with Crippen LogP contribution in [0.2, 0.25) is 0 Å². The molecular weight excluding hydrogens is 588 g/mol. The number of hydrogen-bond acceptors (Lipinski definition) is 7. The molecule has 13 heteroatoms. The molecule has 1 aromatic heterocycles. The normalized spacial score (nSPS) is 11.3. The molecule has 8 nitrogen and oxygen atoms in total. The van der Waals surface area contributed by atoms with Crippen molar-refractivity contribution in [2.45, 2.75) is 44.4 Å². The van der Waals surface area contributed by atoms with E-state index in [2.05, 4.69) is 15.5 Å². The van der Waals surface area contributed by atoms with Crippen LogP contribution in [-0.2, 0) is 18.5 Å². The number of rotatable bonds is 13. The van der Waals surface area contributed by atoms with Gasteiger partial charge in [-0.25, -0.2) is 4.39 Å². The van der Waals surface area contributed by atoms with E-state index in [-0.39, 0.29) is 12.1 Å². The van der Waals surface area contributed by atoms with Crippen LogP contribution < -0.4 is 19.5 Å². The van der Waals surface area contributed by atoms with Gasteiger partial charge >= 0.3 is 6.18 Å². The number of alkyl halides is 3. The van der Waals surface area contributed by atoms with E-state index >= 15 is 0 Å². The van der Waals surface area contributed by atoms with E-state index < -0.39 is 23.5 Å². The van der Waals surface area contributed by atoms with Crippen LogP contribution in [-0.4, -0.2) is 40.5 Å². The van der Waals surface area contributed by atoms with Crippen LogP contribution in [0.25, 0.3) is 5.69 Å². The zero-order chi connectivity index (χ0) is 31.0. The monoisotopic (exact) mass is 618 g/mol. The van der Waals surface area contributed by atoms with Crippen LogP contribution >= 0.6 is 11.8 Å². The first-order valence-corrected chi connectivity index (χ1v) is 14.5. The number of halogens is 4. The van der Waals surface area contributed by atoms with Gasteiger partial charge in [0.25, 0.3) is 5.91 Å². The SMILES string of the molecule is CCOc1cc(C(=O)NCc2nnc(SCc3ccc(C(F)(F)F)cc3)n2-c2ccc(F)cc2)cc(OCC)c1OCC. The molecule has 1 N–H and O–H groups in total. The van der Waals surface area contributed by atoms with Gasteiger partial charge in [-0.3, -0.25) is 9.36 Å². The molecule has 0 aliphatic carbocycles. The van der Waals surface area contributed by atoms with E-state index in [0.29, 0.717) is 65.1 Å². The zero-order valence-electron chi connectivity index (χ0n) is 23.7. The lowest BCUT2D eigenvalue weighted by molar-refractivity contribution is -0.137. The summed E-state index contributed by atoms with van der Waals surface area (Å²) in [6.45, 7) is 6.51. The molecule has 228 valence electrons. The first-order chi connectivity index (χ1) is 20.6. The molecule has 4 rings (SSSR count). The largest absolute Gasteiger partial charge is 0.490 e. The average Bonchev–Trinajstić information content (AvgIpc) is 3.39. The third-order valence-corrected chi connectivity index (χ3v) is 7.01. The van der Waals surface area contributed by atoms with Crippen molar-refractivity contribution in [1.82, 2.24) is 20.1 Å². The molecule has 0 unspecified atom stereocenters. The molecule has 0 bridgehead atoms. The number of amides is 1. The Bertz CT molecular complexity index is 1500. The van der Waals surface area contributed by atoms with Gasteiger partial charge in [-0.15, -0.1) is 10.2 Å². The maximum atomic E-state index is 13.7. The Kier molecular flexibility index (Phi) is 10.5. The molecule has 43 heavy (non-hydrogen) atoms. The minimum atomic E-state index is -4.42.